The van der Waals surface area contributed by atoms with E-state index in [1.165, 1.54) is 24.3 Å². The Kier molecular flexibility index (Phi) is 5.06. The smallest absolute Gasteiger partial charge is 0.422 e. The van der Waals surface area contributed by atoms with Crippen molar-refractivity contribution < 1.29 is 22.7 Å². The Morgan fingerprint density at radius 3 is 2.62 bits per heavy atom. The normalized spacial score (nSPS) is 19.1. The summed E-state index contributed by atoms with van der Waals surface area (Å²) in [6.07, 6.45) is -2.56. The van der Waals surface area contributed by atoms with Crippen molar-refractivity contribution in [2.24, 2.45) is 5.92 Å². The average molecular weight is 302 g/mol. The number of alkyl halides is 3. The summed E-state index contributed by atoms with van der Waals surface area (Å²) < 4.78 is 40.6. The molecule has 1 aromatic carbocycles. The molecule has 1 fully saturated rings. The molecule has 1 aliphatic rings. The van der Waals surface area contributed by atoms with Crippen molar-refractivity contribution in [3.63, 3.8) is 0 Å². The van der Waals surface area contributed by atoms with Crippen LogP contribution in [0, 0.1) is 5.92 Å². The van der Waals surface area contributed by atoms with Crippen LogP contribution in [0.1, 0.15) is 12.8 Å². The highest BCUT2D eigenvalue weighted by Crippen LogP contribution is 2.21. The molecule has 1 saturated heterocycles. The molecule has 4 nitrogen and oxygen atoms in total. The summed E-state index contributed by atoms with van der Waals surface area (Å²) in [5.41, 5.74) is 0.546. The molecule has 1 aliphatic heterocycles. The zero-order chi connectivity index (χ0) is 15.3. The molecule has 2 N–H and O–H groups in total. The van der Waals surface area contributed by atoms with E-state index in [2.05, 4.69) is 15.4 Å². The van der Waals surface area contributed by atoms with Gasteiger partial charge < -0.3 is 15.4 Å². The van der Waals surface area contributed by atoms with Crippen molar-refractivity contribution in [1.29, 1.82) is 0 Å². The lowest BCUT2D eigenvalue weighted by molar-refractivity contribution is -0.153. The fourth-order valence-electron chi connectivity index (χ4n) is 2.12. The monoisotopic (exact) mass is 302 g/mol. The predicted molar refractivity (Wildman–Crippen MR) is 72.2 cm³/mol. The van der Waals surface area contributed by atoms with Gasteiger partial charge in [-0.1, -0.05) is 0 Å². The van der Waals surface area contributed by atoms with Crippen LogP contribution in [-0.4, -0.2) is 31.8 Å². The van der Waals surface area contributed by atoms with Gasteiger partial charge in [0.05, 0.1) is 5.92 Å². The van der Waals surface area contributed by atoms with Crippen LogP contribution in [-0.2, 0) is 4.79 Å². The molecular formula is C14H17F3N2O2. The maximum absolute atomic E-state index is 12.0. The number of carbonyl (C=O) groups is 1. The lowest BCUT2D eigenvalue weighted by atomic mass is 9.99. The van der Waals surface area contributed by atoms with Crippen LogP contribution in [0.5, 0.6) is 5.75 Å². The minimum absolute atomic E-state index is 0.0695. The van der Waals surface area contributed by atoms with Crippen LogP contribution in [0.25, 0.3) is 0 Å². The fraction of sp³-hybridized carbons (Fsp3) is 0.500. The van der Waals surface area contributed by atoms with E-state index < -0.39 is 12.8 Å². The summed E-state index contributed by atoms with van der Waals surface area (Å²) in [5, 5.41) is 5.91. The van der Waals surface area contributed by atoms with Crippen molar-refractivity contribution in [2.75, 3.05) is 25.0 Å². The van der Waals surface area contributed by atoms with Gasteiger partial charge in [0.1, 0.15) is 5.75 Å². The summed E-state index contributed by atoms with van der Waals surface area (Å²) >= 11 is 0. The Labute approximate surface area is 120 Å². The molecule has 1 heterocycles. The Bertz CT molecular complexity index is 468. The van der Waals surface area contributed by atoms with Crippen LogP contribution in [0.3, 0.4) is 0 Å². The summed E-state index contributed by atoms with van der Waals surface area (Å²) in [6, 6.07) is 5.86. The van der Waals surface area contributed by atoms with Crippen LogP contribution in [0.2, 0.25) is 0 Å². The van der Waals surface area contributed by atoms with Crippen molar-refractivity contribution in [3.8, 4) is 5.75 Å². The van der Waals surface area contributed by atoms with E-state index >= 15 is 0 Å². The number of ether oxygens (including phenoxy) is 1. The summed E-state index contributed by atoms with van der Waals surface area (Å²) in [6.45, 7) is 0.250. The predicted octanol–water partition coefficient (Wildman–Crippen LogP) is 2.57. The molecule has 0 bridgehead atoms. The third-order valence-electron chi connectivity index (χ3n) is 3.19. The van der Waals surface area contributed by atoms with Gasteiger partial charge in [0.15, 0.2) is 6.61 Å². The molecule has 0 aliphatic carbocycles. The molecule has 7 heteroatoms. The van der Waals surface area contributed by atoms with Crippen molar-refractivity contribution in [2.45, 2.75) is 19.0 Å². The van der Waals surface area contributed by atoms with E-state index in [9.17, 15) is 18.0 Å². The second-order valence-electron chi connectivity index (χ2n) is 4.96. The first kappa shape index (κ1) is 15.6. The van der Waals surface area contributed by atoms with Gasteiger partial charge in [0, 0.05) is 12.2 Å². The van der Waals surface area contributed by atoms with Crippen LogP contribution in [0.15, 0.2) is 24.3 Å². The highest BCUT2D eigenvalue weighted by molar-refractivity contribution is 5.92. The standard InChI is InChI=1S/C14H17F3N2O2/c15-14(16,17)9-21-12-5-3-11(4-6-12)19-13(20)10-2-1-7-18-8-10/h3-6,10,18H,1-2,7-9H2,(H,19,20)/t10-/m1/s1. The van der Waals surface area contributed by atoms with E-state index in [0.29, 0.717) is 12.2 Å². The minimum Gasteiger partial charge on any atom is -0.484 e. The molecular weight excluding hydrogens is 285 g/mol. The first-order chi connectivity index (χ1) is 9.94. The van der Waals surface area contributed by atoms with Gasteiger partial charge in [-0.25, -0.2) is 0 Å². The highest BCUT2D eigenvalue weighted by Gasteiger charge is 2.28. The number of piperidine rings is 1. The first-order valence-corrected chi connectivity index (χ1v) is 6.75. The van der Waals surface area contributed by atoms with E-state index in [0.717, 1.165) is 19.4 Å². The minimum atomic E-state index is -4.36. The third kappa shape index (κ3) is 5.26. The maximum atomic E-state index is 12.0. The van der Waals surface area contributed by atoms with Gasteiger partial charge >= 0.3 is 6.18 Å². The molecule has 116 valence electrons. The highest BCUT2D eigenvalue weighted by atomic mass is 19.4. The fourth-order valence-corrected chi connectivity index (χ4v) is 2.12. The molecule has 0 spiro atoms. The van der Waals surface area contributed by atoms with Gasteiger partial charge in [-0.05, 0) is 43.7 Å². The maximum Gasteiger partial charge on any atom is 0.422 e. The number of carbonyl (C=O) groups excluding carboxylic acids is 1. The van der Waals surface area contributed by atoms with Crippen LogP contribution < -0.4 is 15.4 Å². The number of halogens is 3. The van der Waals surface area contributed by atoms with Crippen LogP contribution in [0.4, 0.5) is 18.9 Å². The Morgan fingerprint density at radius 1 is 1.33 bits per heavy atom. The van der Waals surface area contributed by atoms with E-state index in [1.54, 1.807) is 0 Å². The number of benzene rings is 1. The molecule has 1 atom stereocenters. The van der Waals surface area contributed by atoms with E-state index in [4.69, 9.17) is 0 Å². The van der Waals surface area contributed by atoms with E-state index in [-0.39, 0.29) is 17.6 Å². The summed E-state index contributed by atoms with van der Waals surface area (Å²) in [5.74, 6) is -0.0317. The van der Waals surface area contributed by atoms with Gasteiger partial charge in [-0.2, -0.15) is 13.2 Å². The second-order valence-corrected chi connectivity index (χ2v) is 4.96. The Morgan fingerprint density at radius 2 is 2.05 bits per heavy atom. The topological polar surface area (TPSA) is 50.4 Å². The summed E-state index contributed by atoms with van der Waals surface area (Å²) in [4.78, 5) is 12.0. The number of anilines is 1. The lowest BCUT2D eigenvalue weighted by Crippen LogP contribution is -2.37. The van der Waals surface area contributed by atoms with Gasteiger partial charge in [-0.3, -0.25) is 4.79 Å². The molecule has 1 aromatic rings. The molecule has 2 rings (SSSR count). The number of amides is 1. The van der Waals surface area contributed by atoms with Crippen molar-refractivity contribution in [1.82, 2.24) is 5.32 Å². The quantitative estimate of drug-likeness (QED) is 0.899. The van der Waals surface area contributed by atoms with Crippen LogP contribution >= 0.6 is 0 Å². The Balaban J connectivity index is 1.85. The Hall–Kier alpha value is -1.76. The molecule has 0 radical (unpaired) electrons. The van der Waals surface area contributed by atoms with Gasteiger partial charge in [-0.15, -0.1) is 0 Å². The molecule has 0 aromatic heterocycles. The molecule has 1 amide bonds. The largest absolute Gasteiger partial charge is 0.484 e. The summed E-state index contributed by atoms with van der Waals surface area (Å²) in [7, 11) is 0. The van der Waals surface area contributed by atoms with E-state index in [1.807, 2.05) is 0 Å². The number of nitrogens with one attached hydrogen (secondary N) is 2. The number of hydrogen-bond donors (Lipinski definition) is 2. The number of rotatable bonds is 4. The van der Waals surface area contributed by atoms with Gasteiger partial charge in [0.2, 0.25) is 5.91 Å². The molecule has 0 saturated carbocycles. The van der Waals surface area contributed by atoms with Gasteiger partial charge in [0.25, 0.3) is 0 Å². The third-order valence-corrected chi connectivity index (χ3v) is 3.19. The lowest BCUT2D eigenvalue weighted by Gasteiger charge is -2.21. The molecule has 21 heavy (non-hydrogen) atoms. The van der Waals surface area contributed by atoms with Crippen molar-refractivity contribution in [3.05, 3.63) is 24.3 Å². The van der Waals surface area contributed by atoms with Crippen molar-refractivity contribution >= 4 is 11.6 Å². The average Bonchev–Trinajstić information content (AvgIpc) is 2.46. The molecule has 0 unspecified atom stereocenters. The first-order valence-electron chi connectivity index (χ1n) is 6.75. The second kappa shape index (κ2) is 6.80. The number of hydrogen-bond acceptors (Lipinski definition) is 3. The zero-order valence-corrected chi connectivity index (χ0v) is 11.4. The SMILES string of the molecule is O=C(Nc1ccc(OCC(F)(F)F)cc1)[C@@H]1CCCNC1. The zero-order valence-electron chi connectivity index (χ0n) is 11.4.